The number of carbonyl (C=O) groups excluding carboxylic acids is 2. The maximum absolute atomic E-state index is 12.4. The molecular formula is C20H17NO5. The predicted molar refractivity (Wildman–Crippen MR) is 96.1 cm³/mol. The van der Waals surface area contributed by atoms with Crippen molar-refractivity contribution in [3.05, 3.63) is 81.6 Å². The maximum atomic E-state index is 12.4. The van der Waals surface area contributed by atoms with Crippen LogP contribution in [0.5, 0.6) is 0 Å². The number of nitrogens with one attached hydrogen (secondary N) is 1. The summed E-state index contributed by atoms with van der Waals surface area (Å²) in [5.41, 5.74) is 1.12. The molecule has 0 saturated carbocycles. The van der Waals surface area contributed by atoms with Gasteiger partial charge in [-0.3, -0.25) is 4.79 Å². The van der Waals surface area contributed by atoms with E-state index in [1.807, 2.05) is 30.3 Å². The summed E-state index contributed by atoms with van der Waals surface area (Å²) in [7, 11) is 0. The average Bonchev–Trinajstić information content (AvgIpc) is 2.67. The van der Waals surface area contributed by atoms with E-state index in [0.29, 0.717) is 16.5 Å². The minimum Gasteiger partial charge on any atom is -0.462 e. The quantitative estimate of drug-likeness (QED) is 0.714. The third kappa shape index (κ3) is 3.64. The number of esters is 2. The first-order chi connectivity index (χ1) is 12.6. The largest absolute Gasteiger partial charge is 0.462 e. The molecule has 0 saturated heterocycles. The molecular weight excluding hydrogens is 334 g/mol. The molecule has 0 bridgehead atoms. The third-order valence-electron chi connectivity index (χ3n) is 3.82. The van der Waals surface area contributed by atoms with Crippen LogP contribution in [0.2, 0.25) is 0 Å². The molecule has 0 aliphatic heterocycles. The monoisotopic (exact) mass is 351 g/mol. The summed E-state index contributed by atoms with van der Waals surface area (Å²) in [6, 6.07) is 13.9. The van der Waals surface area contributed by atoms with Crippen LogP contribution < -0.4 is 5.43 Å². The smallest absolute Gasteiger partial charge is 0.343 e. The number of hydrogen-bond acceptors (Lipinski definition) is 5. The van der Waals surface area contributed by atoms with E-state index in [2.05, 4.69) is 4.98 Å². The van der Waals surface area contributed by atoms with Crippen LogP contribution in [-0.2, 0) is 16.1 Å². The predicted octanol–water partition coefficient (Wildman–Crippen LogP) is 3.06. The Balaban J connectivity index is 1.83. The van der Waals surface area contributed by atoms with Gasteiger partial charge >= 0.3 is 11.9 Å². The molecule has 0 amide bonds. The molecule has 0 unspecified atom stereocenters. The molecule has 2 aromatic carbocycles. The molecule has 0 spiro atoms. The van der Waals surface area contributed by atoms with E-state index >= 15 is 0 Å². The first-order valence-corrected chi connectivity index (χ1v) is 8.13. The van der Waals surface area contributed by atoms with Crippen molar-refractivity contribution in [2.45, 2.75) is 13.5 Å². The van der Waals surface area contributed by atoms with E-state index in [9.17, 15) is 14.4 Å². The molecule has 132 valence electrons. The van der Waals surface area contributed by atoms with Crippen LogP contribution in [0.25, 0.3) is 10.9 Å². The zero-order valence-corrected chi connectivity index (χ0v) is 14.2. The van der Waals surface area contributed by atoms with Gasteiger partial charge < -0.3 is 14.5 Å². The lowest BCUT2D eigenvalue weighted by Crippen LogP contribution is -2.18. The highest BCUT2D eigenvalue weighted by molar-refractivity contribution is 5.97. The molecule has 0 fully saturated rings. The van der Waals surface area contributed by atoms with Gasteiger partial charge in [0, 0.05) is 11.6 Å². The number of ether oxygens (including phenoxy) is 2. The maximum Gasteiger partial charge on any atom is 0.343 e. The fraction of sp³-hybridized carbons (Fsp3) is 0.150. The SMILES string of the molecule is CCOC(=O)c1c[nH]c2cc(C(=O)OCc3ccccc3)ccc2c1=O. The van der Waals surface area contributed by atoms with Crippen LogP contribution in [0, 0.1) is 0 Å². The molecule has 0 atom stereocenters. The van der Waals surface area contributed by atoms with Crippen molar-refractivity contribution in [1.29, 1.82) is 0 Å². The highest BCUT2D eigenvalue weighted by Gasteiger charge is 2.15. The van der Waals surface area contributed by atoms with Gasteiger partial charge in [-0.1, -0.05) is 30.3 Å². The lowest BCUT2D eigenvalue weighted by molar-refractivity contribution is 0.0471. The lowest BCUT2D eigenvalue weighted by atomic mass is 10.1. The summed E-state index contributed by atoms with van der Waals surface area (Å²) in [4.78, 5) is 39.3. The Bertz CT molecular complexity index is 1010. The zero-order valence-electron chi connectivity index (χ0n) is 14.2. The summed E-state index contributed by atoms with van der Waals surface area (Å²) < 4.78 is 10.1. The molecule has 26 heavy (non-hydrogen) atoms. The molecule has 6 heteroatoms. The summed E-state index contributed by atoms with van der Waals surface area (Å²) in [6.07, 6.45) is 1.29. The van der Waals surface area contributed by atoms with E-state index in [4.69, 9.17) is 9.47 Å². The molecule has 1 heterocycles. The third-order valence-corrected chi connectivity index (χ3v) is 3.82. The summed E-state index contributed by atoms with van der Waals surface area (Å²) >= 11 is 0. The molecule has 3 aromatic rings. The Hall–Kier alpha value is -3.41. The Morgan fingerprint density at radius 2 is 1.77 bits per heavy atom. The van der Waals surface area contributed by atoms with Gasteiger partial charge in [-0.25, -0.2) is 9.59 Å². The topological polar surface area (TPSA) is 85.5 Å². The van der Waals surface area contributed by atoms with Gasteiger partial charge in [0.05, 0.1) is 17.7 Å². The normalized spacial score (nSPS) is 10.5. The van der Waals surface area contributed by atoms with E-state index in [1.165, 1.54) is 24.4 Å². The number of aromatic nitrogens is 1. The fourth-order valence-corrected chi connectivity index (χ4v) is 2.52. The van der Waals surface area contributed by atoms with Crippen LogP contribution >= 0.6 is 0 Å². The molecule has 1 aromatic heterocycles. The van der Waals surface area contributed by atoms with Gasteiger partial charge in [0.15, 0.2) is 0 Å². The van der Waals surface area contributed by atoms with E-state index in [1.54, 1.807) is 6.92 Å². The van der Waals surface area contributed by atoms with Crippen LogP contribution in [-0.4, -0.2) is 23.5 Å². The van der Waals surface area contributed by atoms with Crippen molar-refractivity contribution < 1.29 is 19.1 Å². The first kappa shape index (κ1) is 17.4. The zero-order chi connectivity index (χ0) is 18.5. The Kier molecular flexibility index (Phi) is 5.12. The van der Waals surface area contributed by atoms with Gasteiger partial charge in [-0.15, -0.1) is 0 Å². The Morgan fingerprint density at radius 1 is 1.00 bits per heavy atom. The second kappa shape index (κ2) is 7.65. The van der Waals surface area contributed by atoms with Crippen molar-refractivity contribution in [2.24, 2.45) is 0 Å². The van der Waals surface area contributed by atoms with Crippen LogP contribution in [0.1, 0.15) is 33.2 Å². The highest BCUT2D eigenvalue weighted by atomic mass is 16.5. The van der Waals surface area contributed by atoms with Gasteiger partial charge in [0.25, 0.3) is 0 Å². The van der Waals surface area contributed by atoms with Gasteiger partial charge in [-0.2, -0.15) is 0 Å². The fourth-order valence-electron chi connectivity index (χ4n) is 2.52. The molecule has 1 N–H and O–H groups in total. The number of benzene rings is 2. The van der Waals surface area contributed by atoms with E-state index < -0.39 is 17.4 Å². The van der Waals surface area contributed by atoms with Crippen molar-refractivity contribution in [2.75, 3.05) is 6.61 Å². The Labute approximate surface area is 149 Å². The minimum atomic E-state index is -0.679. The lowest BCUT2D eigenvalue weighted by Gasteiger charge is -2.07. The summed E-state index contributed by atoms with van der Waals surface area (Å²) in [6.45, 7) is 2.01. The van der Waals surface area contributed by atoms with Crippen molar-refractivity contribution in [3.8, 4) is 0 Å². The molecule has 0 aliphatic rings. The van der Waals surface area contributed by atoms with Crippen molar-refractivity contribution >= 4 is 22.8 Å². The van der Waals surface area contributed by atoms with Crippen LogP contribution in [0.3, 0.4) is 0 Å². The molecule has 0 aliphatic carbocycles. The van der Waals surface area contributed by atoms with Crippen molar-refractivity contribution in [1.82, 2.24) is 4.98 Å². The van der Waals surface area contributed by atoms with E-state index in [-0.39, 0.29) is 18.8 Å². The number of fused-ring (bicyclic) bond motifs is 1. The molecule has 0 radical (unpaired) electrons. The number of aromatic amines is 1. The number of H-pyrrole nitrogens is 1. The summed E-state index contributed by atoms with van der Waals surface area (Å²) in [5, 5.41) is 0.301. The van der Waals surface area contributed by atoms with Gasteiger partial charge in [0.2, 0.25) is 5.43 Å². The molecule has 3 rings (SSSR count). The second-order valence-corrected chi connectivity index (χ2v) is 5.57. The van der Waals surface area contributed by atoms with E-state index in [0.717, 1.165) is 5.56 Å². The van der Waals surface area contributed by atoms with Gasteiger partial charge in [0.1, 0.15) is 12.2 Å². The minimum absolute atomic E-state index is 0.0706. The molecule has 6 nitrogen and oxygen atoms in total. The number of pyridine rings is 1. The standard InChI is InChI=1S/C20H17NO5/c1-2-25-20(24)16-11-21-17-10-14(8-9-15(17)18(16)22)19(23)26-12-13-6-4-3-5-7-13/h3-11H,2,12H2,1H3,(H,21,22). The highest BCUT2D eigenvalue weighted by Crippen LogP contribution is 2.14. The Morgan fingerprint density at radius 3 is 2.50 bits per heavy atom. The van der Waals surface area contributed by atoms with Crippen molar-refractivity contribution in [3.63, 3.8) is 0 Å². The summed E-state index contributed by atoms with van der Waals surface area (Å²) in [5.74, 6) is -1.17. The number of hydrogen-bond donors (Lipinski definition) is 1. The number of carbonyl (C=O) groups is 2. The second-order valence-electron chi connectivity index (χ2n) is 5.57. The average molecular weight is 351 g/mol. The number of rotatable bonds is 5. The van der Waals surface area contributed by atoms with Crippen LogP contribution in [0.4, 0.5) is 0 Å². The van der Waals surface area contributed by atoms with Crippen LogP contribution in [0.15, 0.2) is 59.5 Å². The van der Waals surface area contributed by atoms with Gasteiger partial charge in [-0.05, 0) is 30.7 Å². The first-order valence-electron chi connectivity index (χ1n) is 8.13.